The minimum Gasteiger partial charge on any atom is -0.508 e. The van der Waals surface area contributed by atoms with Crippen LogP contribution >= 0.6 is 0 Å². The van der Waals surface area contributed by atoms with Crippen molar-refractivity contribution in [2.24, 2.45) is 5.92 Å². The lowest BCUT2D eigenvalue weighted by atomic mass is 10.0. The molecule has 0 atom stereocenters. The lowest BCUT2D eigenvalue weighted by Crippen LogP contribution is -2.47. The zero-order valence-corrected chi connectivity index (χ0v) is 8.40. The first-order valence-corrected chi connectivity index (χ1v) is 4.96. The van der Waals surface area contributed by atoms with Gasteiger partial charge in [0.1, 0.15) is 5.75 Å². The van der Waals surface area contributed by atoms with Crippen molar-refractivity contribution in [2.45, 2.75) is 0 Å². The second kappa shape index (κ2) is 3.88. The Morgan fingerprint density at radius 1 is 1.36 bits per heavy atom. The highest BCUT2D eigenvalue weighted by atomic mass is 16.3. The van der Waals surface area contributed by atoms with Crippen molar-refractivity contribution in [3.63, 3.8) is 0 Å². The monoisotopic (exact) mass is 192 g/mol. The summed E-state index contributed by atoms with van der Waals surface area (Å²) >= 11 is 0. The number of nitrogens with zero attached hydrogens (tertiary/aromatic N) is 1. The molecule has 0 unspecified atom stereocenters. The van der Waals surface area contributed by atoms with Gasteiger partial charge < -0.3 is 15.3 Å². The molecule has 0 aliphatic carbocycles. The van der Waals surface area contributed by atoms with Crippen LogP contribution in [-0.2, 0) is 0 Å². The number of aromatic hydroxyl groups is 1. The smallest absolute Gasteiger partial charge is 0.115 e. The van der Waals surface area contributed by atoms with E-state index < -0.39 is 0 Å². The minimum absolute atomic E-state index is 0.326. The van der Waals surface area contributed by atoms with Crippen molar-refractivity contribution in [2.75, 3.05) is 31.6 Å². The third-order valence-electron chi connectivity index (χ3n) is 2.69. The van der Waals surface area contributed by atoms with Gasteiger partial charge in [-0.15, -0.1) is 0 Å². The van der Waals surface area contributed by atoms with E-state index >= 15 is 0 Å². The Morgan fingerprint density at radius 3 is 2.50 bits per heavy atom. The second-order valence-electron chi connectivity index (χ2n) is 3.92. The van der Waals surface area contributed by atoms with Crippen LogP contribution in [0.2, 0.25) is 0 Å². The number of rotatable bonds is 3. The molecule has 3 heteroatoms. The van der Waals surface area contributed by atoms with Gasteiger partial charge in [0.2, 0.25) is 0 Å². The summed E-state index contributed by atoms with van der Waals surface area (Å²) in [5, 5.41) is 12.4. The van der Waals surface area contributed by atoms with Crippen LogP contribution in [-0.4, -0.2) is 31.8 Å². The van der Waals surface area contributed by atoms with Crippen LogP contribution in [0.15, 0.2) is 24.3 Å². The molecular formula is C11H16N2O. The Morgan fingerprint density at radius 2 is 2.00 bits per heavy atom. The SMILES string of the molecule is CN(CC1CNC1)c1ccc(O)cc1. The summed E-state index contributed by atoms with van der Waals surface area (Å²) in [4.78, 5) is 2.23. The van der Waals surface area contributed by atoms with Gasteiger partial charge in [0, 0.05) is 38.3 Å². The van der Waals surface area contributed by atoms with Gasteiger partial charge in [-0.05, 0) is 24.3 Å². The molecule has 1 aromatic carbocycles. The summed E-state index contributed by atoms with van der Waals surface area (Å²) in [5.41, 5.74) is 1.16. The molecule has 1 fully saturated rings. The highest BCUT2D eigenvalue weighted by molar-refractivity contribution is 5.48. The van der Waals surface area contributed by atoms with Crippen LogP contribution < -0.4 is 10.2 Å². The predicted molar refractivity (Wildman–Crippen MR) is 57.7 cm³/mol. The molecule has 0 aromatic heterocycles. The van der Waals surface area contributed by atoms with Crippen molar-refractivity contribution in [3.05, 3.63) is 24.3 Å². The number of anilines is 1. The van der Waals surface area contributed by atoms with Gasteiger partial charge in [0.05, 0.1) is 0 Å². The number of hydrogen-bond donors (Lipinski definition) is 2. The average Bonchev–Trinajstić information content (AvgIpc) is 2.12. The molecule has 0 saturated carbocycles. The average molecular weight is 192 g/mol. The van der Waals surface area contributed by atoms with Crippen molar-refractivity contribution in [1.29, 1.82) is 0 Å². The van der Waals surface area contributed by atoms with Crippen molar-refractivity contribution >= 4 is 5.69 Å². The third kappa shape index (κ3) is 1.99. The molecule has 14 heavy (non-hydrogen) atoms. The van der Waals surface area contributed by atoms with E-state index in [1.165, 1.54) is 0 Å². The van der Waals surface area contributed by atoms with Crippen LogP contribution in [0.25, 0.3) is 0 Å². The molecule has 1 saturated heterocycles. The lowest BCUT2D eigenvalue weighted by Gasteiger charge is -2.32. The maximum absolute atomic E-state index is 9.15. The molecule has 0 spiro atoms. The first-order chi connectivity index (χ1) is 6.75. The summed E-state index contributed by atoms with van der Waals surface area (Å²) < 4.78 is 0. The molecule has 0 radical (unpaired) electrons. The van der Waals surface area contributed by atoms with Crippen LogP contribution in [0.5, 0.6) is 5.75 Å². The predicted octanol–water partition coefficient (Wildman–Crippen LogP) is 1.05. The maximum atomic E-state index is 9.15. The zero-order chi connectivity index (χ0) is 9.97. The molecule has 2 N–H and O–H groups in total. The Kier molecular flexibility index (Phi) is 2.59. The third-order valence-corrected chi connectivity index (χ3v) is 2.69. The van der Waals surface area contributed by atoms with Crippen molar-refractivity contribution < 1.29 is 5.11 Å². The minimum atomic E-state index is 0.326. The van der Waals surface area contributed by atoms with E-state index in [9.17, 15) is 0 Å². The Bertz CT molecular complexity index is 293. The fourth-order valence-corrected chi connectivity index (χ4v) is 1.68. The molecule has 0 amide bonds. The van der Waals surface area contributed by atoms with Gasteiger partial charge in [0.15, 0.2) is 0 Å². The highest BCUT2D eigenvalue weighted by Crippen LogP contribution is 2.18. The molecule has 1 aliphatic heterocycles. The van der Waals surface area contributed by atoms with E-state index in [4.69, 9.17) is 5.11 Å². The second-order valence-corrected chi connectivity index (χ2v) is 3.92. The molecule has 1 aromatic rings. The largest absolute Gasteiger partial charge is 0.508 e. The Labute approximate surface area is 84.4 Å². The molecule has 0 bridgehead atoms. The fraction of sp³-hybridized carbons (Fsp3) is 0.455. The summed E-state index contributed by atoms with van der Waals surface area (Å²) in [7, 11) is 2.09. The van der Waals surface area contributed by atoms with Crippen LogP contribution in [0.3, 0.4) is 0 Å². The number of nitrogens with one attached hydrogen (secondary N) is 1. The Hall–Kier alpha value is -1.22. The summed E-state index contributed by atoms with van der Waals surface area (Å²) in [6, 6.07) is 7.35. The van der Waals surface area contributed by atoms with Crippen LogP contribution in [0.1, 0.15) is 0 Å². The van der Waals surface area contributed by atoms with E-state index in [-0.39, 0.29) is 0 Å². The fourth-order valence-electron chi connectivity index (χ4n) is 1.68. The summed E-state index contributed by atoms with van der Waals surface area (Å²) in [6.07, 6.45) is 0. The highest BCUT2D eigenvalue weighted by Gasteiger charge is 2.18. The van der Waals surface area contributed by atoms with E-state index in [0.717, 1.165) is 31.2 Å². The van der Waals surface area contributed by atoms with E-state index in [1.54, 1.807) is 12.1 Å². The standard InChI is InChI=1S/C11H16N2O/c1-13(8-9-6-12-7-9)10-2-4-11(14)5-3-10/h2-5,9,12,14H,6-8H2,1H3. The van der Waals surface area contributed by atoms with E-state index in [0.29, 0.717) is 5.75 Å². The van der Waals surface area contributed by atoms with Crippen LogP contribution in [0, 0.1) is 5.92 Å². The first-order valence-electron chi connectivity index (χ1n) is 4.96. The quantitative estimate of drug-likeness (QED) is 0.751. The number of benzene rings is 1. The number of phenols is 1. The first kappa shape index (κ1) is 9.34. The van der Waals surface area contributed by atoms with Crippen molar-refractivity contribution in [1.82, 2.24) is 5.32 Å². The maximum Gasteiger partial charge on any atom is 0.115 e. The molecule has 1 aliphatic rings. The molecule has 2 rings (SSSR count). The topological polar surface area (TPSA) is 35.5 Å². The molecule has 1 heterocycles. The Balaban J connectivity index is 1.95. The van der Waals surface area contributed by atoms with Crippen LogP contribution in [0.4, 0.5) is 5.69 Å². The van der Waals surface area contributed by atoms with Gasteiger partial charge in [0.25, 0.3) is 0 Å². The number of phenolic OH excluding ortho intramolecular Hbond substituents is 1. The van der Waals surface area contributed by atoms with Crippen molar-refractivity contribution in [3.8, 4) is 5.75 Å². The van der Waals surface area contributed by atoms with E-state index in [2.05, 4.69) is 17.3 Å². The normalized spacial score (nSPS) is 16.4. The van der Waals surface area contributed by atoms with Gasteiger partial charge in [-0.1, -0.05) is 0 Å². The lowest BCUT2D eigenvalue weighted by molar-refractivity contribution is 0.353. The zero-order valence-electron chi connectivity index (χ0n) is 8.40. The van der Waals surface area contributed by atoms with E-state index in [1.807, 2.05) is 12.1 Å². The summed E-state index contributed by atoms with van der Waals surface area (Å²) in [5.74, 6) is 1.10. The molecular weight excluding hydrogens is 176 g/mol. The number of hydrogen-bond acceptors (Lipinski definition) is 3. The molecule has 3 nitrogen and oxygen atoms in total. The van der Waals surface area contributed by atoms with Gasteiger partial charge >= 0.3 is 0 Å². The summed E-state index contributed by atoms with van der Waals surface area (Å²) in [6.45, 7) is 3.34. The van der Waals surface area contributed by atoms with Gasteiger partial charge in [-0.2, -0.15) is 0 Å². The molecule has 76 valence electrons. The van der Waals surface area contributed by atoms with Gasteiger partial charge in [-0.3, -0.25) is 0 Å². The van der Waals surface area contributed by atoms with Gasteiger partial charge in [-0.25, -0.2) is 0 Å².